The number of hydrogen-bond donors (Lipinski definition) is 1. The van der Waals surface area contributed by atoms with Crippen LogP contribution in [0.15, 0.2) is 48.5 Å². The zero-order chi connectivity index (χ0) is 19.7. The molecule has 2 aromatic heterocycles. The summed E-state index contributed by atoms with van der Waals surface area (Å²) in [6, 6.07) is 13.3. The molecule has 2 N–H and O–H groups in total. The highest BCUT2D eigenvalue weighted by Gasteiger charge is 2.26. The van der Waals surface area contributed by atoms with Gasteiger partial charge in [0, 0.05) is 0 Å². The highest BCUT2D eigenvalue weighted by Crippen LogP contribution is 2.31. The van der Waals surface area contributed by atoms with Gasteiger partial charge in [-0.2, -0.15) is 0 Å². The Labute approximate surface area is 160 Å². The highest BCUT2D eigenvalue weighted by atomic mass is 19.1. The van der Waals surface area contributed by atoms with Gasteiger partial charge in [0.25, 0.3) is 0 Å². The van der Waals surface area contributed by atoms with Gasteiger partial charge in [-0.05, 0) is 36.8 Å². The second kappa shape index (κ2) is 7.26. The van der Waals surface area contributed by atoms with Crippen molar-refractivity contribution >= 4 is 34.0 Å². The number of esters is 1. The second-order valence-corrected chi connectivity index (χ2v) is 6.45. The van der Waals surface area contributed by atoms with Crippen molar-refractivity contribution in [3.8, 4) is 5.69 Å². The van der Waals surface area contributed by atoms with E-state index in [0.29, 0.717) is 34.5 Å². The molecule has 0 fully saturated rings. The molecule has 2 aromatic carbocycles. The van der Waals surface area contributed by atoms with Gasteiger partial charge in [0.2, 0.25) is 0 Å². The number of para-hydroxylation sites is 2. The summed E-state index contributed by atoms with van der Waals surface area (Å²) in [5.74, 6) is -0.854. The molecule has 0 radical (unpaired) electrons. The van der Waals surface area contributed by atoms with E-state index < -0.39 is 11.8 Å². The minimum Gasteiger partial charge on any atom is -0.462 e. The van der Waals surface area contributed by atoms with Crippen LogP contribution in [0.5, 0.6) is 0 Å². The van der Waals surface area contributed by atoms with Crippen molar-refractivity contribution in [3.63, 3.8) is 0 Å². The van der Waals surface area contributed by atoms with Crippen LogP contribution in [0.3, 0.4) is 0 Å². The van der Waals surface area contributed by atoms with Gasteiger partial charge in [0.05, 0.1) is 23.3 Å². The topological polar surface area (TPSA) is 83.0 Å². The summed E-state index contributed by atoms with van der Waals surface area (Å²) >= 11 is 0. The van der Waals surface area contributed by atoms with Crippen LogP contribution in [0.1, 0.15) is 30.1 Å². The number of carbonyl (C=O) groups is 1. The molecule has 28 heavy (non-hydrogen) atoms. The average molecular weight is 378 g/mol. The summed E-state index contributed by atoms with van der Waals surface area (Å²) in [6.45, 7) is 2.30. The standard InChI is InChI=1S/C21H19FN4O2/c1-2-3-11-28-21(27)17-18-20(25-16-10-5-4-9-15(16)24-18)26(19(17)23)14-8-6-7-13(22)12-14/h4-10,12H,2-3,11,23H2,1H3. The Morgan fingerprint density at radius 3 is 2.61 bits per heavy atom. The molecule has 0 aliphatic carbocycles. The summed E-state index contributed by atoms with van der Waals surface area (Å²) < 4.78 is 20.7. The fourth-order valence-corrected chi connectivity index (χ4v) is 3.12. The van der Waals surface area contributed by atoms with E-state index in [4.69, 9.17) is 10.5 Å². The maximum Gasteiger partial charge on any atom is 0.344 e. The second-order valence-electron chi connectivity index (χ2n) is 6.45. The number of benzene rings is 2. The van der Waals surface area contributed by atoms with Crippen molar-refractivity contribution < 1.29 is 13.9 Å². The summed E-state index contributed by atoms with van der Waals surface area (Å²) in [6.07, 6.45) is 1.65. The molecular weight excluding hydrogens is 359 g/mol. The van der Waals surface area contributed by atoms with E-state index in [1.165, 1.54) is 16.7 Å². The van der Waals surface area contributed by atoms with E-state index in [9.17, 15) is 9.18 Å². The number of fused-ring (bicyclic) bond motifs is 2. The van der Waals surface area contributed by atoms with Crippen molar-refractivity contribution in [2.75, 3.05) is 12.3 Å². The lowest BCUT2D eigenvalue weighted by Gasteiger charge is -2.08. The van der Waals surface area contributed by atoms with E-state index in [1.807, 2.05) is 31.2 Å². The third-order valence-electron chi connectivity index (χ3n) is 4.50. The van der Waals surface area contributed by atoms with Crippen LogP contribution in [-0.4, -0.2) is 27.1 Å². The van der Waals surface area contributed by atoms with Gasteiger partial charge in [0.15, 0.2) is 5.65 Å². The van der Waals surface area contributed by atoms with Gasteiger partial charge in [-0.3, -0.25) is 4.57 Å². The Morgan fingerprint density at radius 2 is 1.89 bits per heavy atom. The van der Waals surface area contributed by atoms with Crippen molar-refractivity contribution in [1.29, 1.82) is 0 Å². The Morgan fingerprint density at radius 1 is 1.14 bits per heavy atom. The molecule has 142 valence electrons. The Kier molecular flexibility index (Phi) is 4.65. The summed E-state index contributed by atoms with van der Waals surface area (Å²) in [4.78, 5) is 22.0. The van der Waals surface area contributed by atoms with Crippen LogP contribution >= 0.6 is 0 Å². The van der Waals surface area contributed by atoms with Crippen LogP contribution in [0.2, 0.25) is 0 Å². The number of aromatic nitrogens is 3. The van der Waals surface area contributed by atoms with Crippen molar-refractivity contribution in [3.05, 3.63) is 59.9 Å². The minimum atomic E-state index is -0.560. The first-order valence-electron chi connectivity index (χ1n) is 9.10. The number of hydrogen-bond acceptors (Lipinski definition) is 5. The number of halogens is 1. The van der Waals surface area contributed by atoms with Gasteiger partial charge < -0.3 is 10.5 Å². The molecule has 2 heterocycles. The average Bonchev–Trinajstić information content (AvgIpc) is 2.97. The molecule has 4 rings (SSSR count). The molecule has 6 nitrogen and oxygen atoms in total. The molecule has 0 unspecified atom stereocenters. The lowest BCUT2D eigenvalue weighted by atomic mass is 10.2. The Hall–Kier alpha value is -3.48. The molecule has 0 bridgehead atoms. The van der Waals surface area contributed by atoms with E-state index in [0.717, 1.165) is 12.8 Å². The number of nitrogens with two attached hydrogens (primary N) is 1. The van der Waals surface area contributed by atoms with Gasteiger partial charge in [-0.25, -0.2) is 19.2 Å². The molecular formula is C21H19FN4O2. The SMILES string of the molecule is CCCCOC(=O)c1c(N)n(-c2cccc(F)c2)c2nc3ccccc3nc12. The molecule has 7 heteroatoms. The summed E-state index contributed by atoms with van der Waals surface area (Å²) in [7, 11) is 0. The zero-order valence-electron chi connectivity index (χ0n) is 15.4. The third kappa shape index (κ3) is 3.05. The number of carbonyl (C=O) groups excluding carboxylic acids is 1. The number of nitrogen functional groups attached to an aromatic ring is 1. The number of rotatable bonds is 5. The van der Waals surface area contributed by atoms with Crippen LogP contribution in [0, 0.1) is 5.82 Å². The zero-order valence-corrected chi connectivity index (χ0v) is 15.4. The van der Waals surface area contributed by atoms with Crippen LogP contribution in [0.4, 0.5) is 10.2 Å². The van der Waals surface area contributed by atoms with Crippen molar-refractivity contribution in [2.45, 2.75) is 19.8 Å². The maximum atomic E-state index is 13.8. The quantitative estimate of drug-likeness (QED) is 0.415. The van der Waals surface area contributed by atoms with E-state index in [2.05, 4.69) is 9.97 Å². The van der Waals surface area contributed by atoms with Crippen molar-refractivity contribution in [1.82, 2.24) is 14.5 Å². The molecule has 4 aromatic rings. The lowest BCUT2D eigenvalue weighted by Crippen LogP contribution is -2.10. The van der Waals surface area contributed by atoms with Gasteiger partial charge >= 0.3 is 5.97 Å². The van der Waals surface area contributed by atoms with Crippen LogP contribution in [-0.2, 0) is 4.74 Å². The first-order valence-corrected chi connectivity index (χ1v) is 9.10. The van der Waals surface area contributed by atoms with Crippen LogP contribution < -0.4 is 5.73 Å². The molecule has 0 spiro atoms. The summed E-state index contributed by atoms with van der Waals surface area (Å²) in [5, 5.41) is 0. The normalized spacial score (nSPS) is 11.2. The molecule has 0 aliphatic rings. The van der Waals surface area contributed by atoms with E-state index in [1.54, 1.807) is 12.1 Å². The lowest BCUT2D eigenvalue weighted by molar-refractivity contribution is 0.0503. The smallest absolute Gasteiger partial charge is 0.344 e. The predicted molar refractivity (Wildman–Crippen MR) is 106 cm³/mol. The van der Waals surface area contributed by atoms with E-state index >= 15 is 0 Å². The number of nitrogens with zero attached hydrogens (tertiary/aromatic N) is 3. The van der Waals surface area contributed by atoms with Crippen LogP contribution in [0.25, 0.3) is 27.9 Å². The molecule has 0 saturated heterocycles. The number of anilines is 1. The largest absolute Gasteiger partial charge is 0.462 e. The fraction of sp³-hybridized carbons (Fsp3) is 0.190. The van der Waals surface area contributed by atoms with Crippen molar-refractivity contribution in [2.24, 2.45) is 0 Å². The first-order chi connectivity index (χ1) is 13.6. The van der Waals surface area contributed by atoms with Gasteiger partial charge in [-0.1, -0.05) is 31.5 Å². The van der Waals surface area contributed by atoms with Gasteiger partial charge in [-0.15, -0.1) is 0 Å². The number of ether oxygens (including phenoxy) is 1. The van der Waals surface area contributed by atoms with Gasteiger partial charge in [0.1, 0.15) is 22.7 Å². The molecule has 0 amide bonds. The van der Waals surface area contributed by atoms with E-state index in [-0.39, 0.29) is 11.4 Å². The Balaban J connectivity index is 1.98. The summed E-state index contributed by atoms with van der Waals surface area (Å²) in [5.41, 5.74) is 8.93. The molecule has 0 saturated carbocycles. The first kappa shape index (κ1) is 17.9. The minimum absolute atomic E-state index is 0.123. The monoisotopic (exact) mass is 378 g/mol. The third-order valence-corrected chi connectivity index (χ3v) is 4.50. The Bertz CT molecular complexity index is 1190. The fourth-order valence-electron chi connectivity index (χ4n) is 3.12. The predicted octanol–water partition coefficient (Wildman–Crippen LogP) is 4.25. The maximum absolute atomic E-state index is 13.8. The highest BCUT2D eigenvalue weighted by molar-refractivity contribution is 6.09. The molecule has 0 aliphatic heterocycles. The molecule has 0 atom stereocenters. The number of unbranched alkanes of at least 4 members (excludes halogenated alkanes) is 1.